The Bertz CT molecular complexity index is 872. The summed E-state index contributed by atoms with van der Waals surface area (Å²) in [4.78, 5) is 25.0. The third kappa shape index (κ3) is 5.77. The number of hydrogen-bond acceptors (Lipinski definition) is 6. The number of nitrogens with one attached hydrogen (secondary N) is 3. The number of carbonyl (C=O) groups excluding carboxylic acids is 2. The highest BCUT2D eigenvalue weighted by Crippen LogP contribution is 2.47. The van der Waals surface area contributed by atoms with Crippen LogP contribution in [0.4, 0.5) is 4.39 Å². The minimum absolute atomic E-state index is 0.00863. The van der Waals surface area contributed by atoms with Crippen LogP contribution in [0.15, 0.2) is 18.2 Å². The standard InChI is InChI=1S/C23H31ClFN3O5/c24-17-4-3-15(10-18(17)25)32-14-21(31)28-23-7-5-22(6-8-23,11-19(23)29)27-20(30)13-33-16-2-1-9-26-12-16/h3-4,10,16,19,26,29H,1-2,5-9,11-14H2,(H,27,30)(H,28,31)/t16?,19-,22?,23?/m0/s1. The predicted molar refractivity (Wildman–Crippen MR) is 120 cm³/mol. The van der Waals surface area contributed by atoms with Crippen LogP contribution in [0.5, 0.6) is 5.75 Å². The normalized spacial score (nSPS) is 31.1. The molecule has 0 aromatic heterocycles. The van der Waals surface area contributed by atoms with Gasteiger partial charge in [-0.15, -0.1) is 0 Å². The van der Waals surface area contributed by atoms with E-state index in [0.29, 0.717) is 32.1 Å². The topological polar surface area (TPSA) is 109 Å². The number of piperidine rings is 1. The first-order valence-electron chi connectivity index (χ1n) is 11.5. The lowest BCUT2D eigenvalue weighted by Gasteiger charge is -2.56. The zero-order chi connectivity index (χ0) is 23.5. The molecule has 1 aliphatic heterocycles. The molecule has 10 heteroatoms. The van der Waals surface area contributed by atoms with Crippen LogP contribution in [0, 0.1) is 5.82 Å². The summed E-state index contributed by atoms with van der Waals surface area (Å²) in [5.41, 5.74) is -1.23. The molecular formula is C23H31ClFN3O5. The Morgan fingerprint density at radius 3 is 2.61 bits per heavy atom. The first-order chi connectivity index (χ1) is 15.8. The summed E-state index contributed by atoms with van der Waals surface area (Å²) in [5.74, 6) is -0.986. The van der Waals surface area contributed by atoms with Gasteiger partial charge in [-0.3, -0.25) is 9.59 Å². The average Bonchev–Trinajstić information content (AvgIpc) is 2.80. The van der Waals surface area contributed by atoms with E-state index < -0.39 is 28.9 Å². The van der Waals surface area contributed by atoms with Crippen molar-refractivity contribution < 1.29 is 28.6 Å². The maximum atomic E-state index is 13.5. The van der Waals surface area contributed by atoms with Crippen molar-refractivity contribution in [1.82, 2.24) is 16.0 Å². The summed E-state index contributed by atoms with van der Waals surface area (Å²) in [7, 11) is 0. The van der Waals surface area contributed by atoms with E-state index in [1.165, 1.54) is 12.1 Å². The van der Waals surface area contributed by atoms with Crippen LogP contribution in [0.25, 0.3) is 0 Å². The number of ether oxygens (including phenoxy) is 2. The fraction of sp³-hybridized carbons (Fsp3) is 0.652. The maximum absolute atomic E-state index is 13.5. The lowest BCUT2D eigenvalue weighted by molar-refractivity contribution is -0.139. The van der Waals surface area contributed by atoms with Gasteiger partial charge in [0.15, 0.2) is 6.61 Å². The summed E-state index contributed by atoms with van der Waals surface area (Å²) in [5, 5.41) is 20.1. The van der Waals surface area contributed by atoms with Crippen LogP contribution < -0.4 is 20.7 Å². The molecule has 4 aliphatic rings. The highest BCUT2D eigenvalue weighted by Gasteiger charge is 2.55. The summed E-state index contributed by atoms with van der Waals surface area (Å²) in [6, 6.07) is 3.97. The zero-order valence-corrected chi connectivity index (χ0v) is 19.3. The molecule has 1 aromatic rings. The lowest BCUT2D eigenvalue weighted by Crippen LogP contribution is -2.70. The Labute approximate surface area is 197 Å². The fourth-order valence-electron chi connectivity index (χ4n) is 5.18. The summed E-state index contributed by atoms with van der Waals surface area (Å²) >= 11 is 5.65. The molecule has 182 valence electrons. The molecule has 0 radical (unpaired) electrons. The van der Waals surface area contributed by atoms with Gasteiger partial charge in [-0.1, -0.05) is 11.6 Å². The molecule has 2 bridgehead atoms. The van der Waals surface area contributed by atoms with Crippen molar-refractivity contribution in [1.29, 1.82) is 0 Å². The molecular weight excluding hydrogens is 453 g/mol. The third-order valence-electron chi connectivity index (χ3n) is 7.08. The number of halogens is 2. The van der Waals surface area contributed by atoms with Crippen LogP contribution in [-0.2, 0) is 14.3 Å². The van der Waals surface area contributed by atoms with Gasteiger partial charge >= 0.3 is 0 Å². The first-order valence-corrected chi connectivity index (χ1v) is 11.9. The minimum atomic E-state index is -0.791. The molecule has 3 saturated carbocycles. The van der Waals surface area contributed by atoms with E-state index in [4.69, 9.17) is 21.1 Å². The molecule has 3 aliphatic carbocycles. The van der Waals surface area contributed by atoms with Crippen molar-refractivity contribution in [3.8, 4) is 5.75 Å². The first kappa shape index (κ1) is 24.2. The number of amides is 2. The van der Waals surface area contributed by atoms with Gasteiger partial charge in [-0.05, 0) is 63.6 Å². The highest BCUT2D eigenvalue weighted by molar-refractivity contribution is 6.30. The van der Waals surface area contributed by atoms with Crippen molar-refractivity contribution in [2.24, 2.45) is 0 Å². The van der Waals surface area contributed by atoms with E-state index in [1.54, 1.807) is 0 Å². The van der Waals surface area contributed by atoms with Crippen molar-refractivity contribution in [2.75, 3.05) is 26.3 Å². The highest BCUT2D eigenvalue weighted by atomic mass is 35.5. The van der Waals surface area contributed by atoms with Gasteiger partial charge in [0.1, 0.15) is 18.2 Å². The molecule has 1 saturated heterocycles. The number of hydrogen-bond donors (Lipinski definition) is 4. The van der Waals surface area contributed by atoms with Crippen molar-refractivity contribution in [3.63, 3.8) is 0 Å². The van der Waals surface area contributed by atoms with E-state index in [-0.39, 0.29) is 36.0 Å². The van der Waals surface area contributed by atoms with Gasteiger partial charge in [-0.25, -0.2) is 4.39 Å². The second kappa shape index (κ2) is 10.1. The van der Waals surface area contributed by atoms with E-state index in [1.807, 2.05) is 0 Å². The Kier molecular flexibility index (Phi) is 7.43. The molecule has 1 unspecified atom stereocenters. The predicted octanol–water partition coefficient (Wildman–Crippen LogP) is 1.68. The molecule has 2 atom stereocenters. The lowest BCUT2D eigenvalue weighted by atomic mass is 9.60. The van der Waals surface area contributed by atoms with Gasteiger partial charge in [0.05, 0.1) is 22.8 Å². The minimum Gasteiger partial charge on any atom is -0.484 e. The molecule has 2 amide bonds. The second-order valence-corrected chi connectivity index (χ2v) is 9.80. The number of aliphatic hydroxyl groups excluding tert-OH is 1. The molecule has 33 heavy (non-hydrogen) atoms. The van der Waals surface area contributed by atoms with Crippen molar-refractivity contribution >= 4 is 23.4 Å². The van der Waals surface area contributed by atoms with Crippen LogP contribution in [0.2, 0.25) is 5.02 Å². The number of rotatable bonds is 8. The van der Waals surface area contributed by atoms with Crippen molar-refractivity contribution in [3.05, 3.63) is 29.0 Å². The number of carbonyl (C=O) groups is 2. The second-order valence-electron chi connectivity index (χ2n) is 9.40. The van der Waals surface area contributed by atoms with Gasteiger partial charge in [0.25, 0.3) is 5.91 Å². The van der Waals surface area contributed by atoms with Crippen LogP contribution >= 0.6 is 11.6 Å². The molecule has 0 spiro atoms. The van der Waals surface area contributed by atoms with Gasteiger partial charge in [-0.2, -0.15) is 0 Å². The number of benzene rings is 1. The third-order valence-corrected chi connectivity index (χ3v) is 7.38. The zero-order valence-electron chi connectivity index (χ0n) is 18.5. The summed E-state index contributed by atoms with van der Waals surface area (Å²) in [6.45, 7) is 1.45. The fourth-order valence-corrected chi connectivity index (χ4v) is 5.30. The van der Waals surface area contributed by atoms with E-state index in [0.717, 1.165) is 32.0 Å². The smallest absolute Gasteiger partial charge is 0.258 e. The van der Waals surface area contributed by atoms with Gasteiger partial charge in [0, 0.05) is 18.2 Å². The molecule has 8 nitrogen and oxygen atoms in total. The van der Waals surface area contributed by atoms with Crippen molar-refractivity contribution in [2.45, 2.75) is 68.2 Å². The number of aliphatic hydroxyl groups is 1. The SMILES string of the molecule is O=C(COC1CCCNC1)NC12CCC(NC(=O)COc3ccc(Cl)c(F)c3)(CC1)[C@@H](O)C2. The van der Waals surface area contributed by atoms with Gasteiger partial charge < -0.3 is 30.5 Å². The maximum Gasteiger partial charge on any atom is 0.258 e. The largest absolute Gasteiger partial charge is 0.484 e. The molecule has 5 rings (SSSR count). The van der Waals surface area contributed by atoms with E-state index in [9.17, 15) is 19.1 Å². The van der Waals surface area contributed by atoms with Crippen LogP contribution in [0.3, 0.4) is 0 Å². The Hall–Kier alpha value is -1.94. The van der Waals surface area contributed by atoms with Crippen LogP contribution in [-0.4, -0.2) is 66.5 Å². The monoisotopic (exact) mass is 483 g/mol. The Morgan fingerprint density at radius 2 is 1.94 bits per heavy atom. The van der Waals surface area contributed by atoms with E-state index in [2.05, 4.69) is 16.0 Å². The summed E-state index contributed by atoms with van der Waals surface area (Å²) in [6.07, 6.45) is 4.02. The van der Waals surface area contributed by atoms with Crippen LogP contribution in [0.1, 0.15) is 44.9 Å². The molecule has 1 heterocycles. The quantitative estimate of drug-likeness (QED) is 0.448. The Balaban J connectivity index is 1.25. The Morgan fingerprint density at radius 1 is 1.18 bits per heavy atom. The average molecular weight is 484 g/mol. The van der Waals surface area contributed by atoms with Gasteiger partial charge in [0.2, 0.25) is 5.91 Å². The summed E-state index contributed by atoms with van der Waals surface area (Å²) < 4.78 is 24.6. The molecule has 4 fully saturated rings. The molecule has 1 aromatic carbocycles. The molecule has 4 N–H and O–H groups in total. The van der Waals surface area contributed by atoms with E-state index >= 15 is 0 Å². The number of fused-ring (bicyclic) bond motifs is 3.